The molecule has 18 heavy (non-hydrogen) atoms. The highest BCUT2D eigenvalue weighted by molar-refractivity contribution is 9.09. The number of hydrogen-bond donors (Lipinski definition) is 0. The molecule has 1 aliphatic heterocycles. The van der Waals surface area contributed by atoms with Crippen LogP contribution in [0.1, 0.15) is 23.7 Å². The van der Waals surface area contributed by atoms with Crippen LogP contribution in [0.25, 0.3) is 0 Å². The van der Waals surface area contributed by atoms with Crippen molar-refractivity contribution < 1.29 is 9.47 Å². The molecule has 1 aliphatic rings. The van der Waals surface area contributed by atoms with Gasteiger partial charge in [-0.15, -0.1) is 0 Å². The third kappa shape index (κ3) is 3.01. The Labute approximate surface area is 122 Å². The lowest BCUT2D eigenvalue weighted by atomic mass is 9.84. The Kier molecular flexibility index (Phi) is 4.93. The summed E-state index contributed by atoms with van der Waals surface area (Å²) in [4.78, 5) is 0.255. The smallest absolute Gasteiger partial charge is 0.123 e. The minimum absolute atomic E-state index is 0.255. The van der Waals surface area contributed by atoms with E-state index in [9.17, 15) is 0 Å². The molecule has 3 atom stereocenters. The minimum atomic E-state index is 0.255. The van der Waals surface area contributed by atoms with Gasteiger partial charge >= 0.3 is 0 Å². The zero-order valence-corrected chi connectivity index (χ0v) is 13.0. The zero-order chi connectivity index (χ0) is 13.1. The fraction of sp³-hybridized carbons (Fsp3) is 0.571. The topological polar surface area (TPSA) is 18.5 Å². The van der Waals surface area contributed by atoms with Gasteiger partial charge in [0.1, 0.15) is 5.75 Å². The van der Waals surface area contributed by atoms with Gasteiger partial charge in [0, 0.05) is 28.6 Å². The molecule has 0 N–H and O–H groups in total. The Morgan fingerprint density at radius 3 is 2.94 bits per heavy atom. The van der Waals surface area contributed by atoms with Gasteiger partial charge in [0.25, 0.3) is 0 Å². The fourth-order valence-electron chi connectivity index (χ4n) is 2.48. The van der Waals surface area contributed by atoms with Crippen molar-refractivity contribution in [2.45, 2.75) is 18.2 Å². The van der Waals surface area contributed by atoms with Crippen LogP contribution in [-0.4, -0.2) is 20.3 Å². The Bertz CT molecular complexity index is 411. The second-order valence-electron chi connectivity index (χ2n) is 4.79. The molecule has 0 radical (unpaired) electrons. The average molecular weight is 334 g/mol. The van der Waals surface area contributed by atoms with Crippen molar-refractivity contribution in [3.8, 4) is 5.75 Å². The number of alkyl halides is 1. The van der Waals surface area contributed by atoms with Crippen LogP contribution in [0, 0.1) is 11.8 Å². The van der Waals surface area contributed by atoms with Crippen molar-refractivity contribution in [3.63, 3.8) is 0 Å². The summed E-state index contributed by atoms with van der Waals surface area (Å²) in [5.41, 5.74) is 1.13. The zero-order valence-electron chi connectivity index (χ0n) is 10.7. The number of rotatable bonds is 3. The van der Waals surface area contributed by atoms with E-state index in [0.717, 1.165) is 36.0 Å². The molecule has 0 aromatic heterocycles. The molecule has 1 saturated heterocycles. The normalized spacial score (nSPS) is 25.8. The van der Waals surface area contributed by atoms with Crippen molar-refractivity contribution in [1.82, 2.24) is 0 Å². The summed E-state index contributed by atoms with van der Waals surface area (Å²) in [5, 5.41) is 0.745. The molecule has 1 aromatic rings. The van der Waals surface area contributed by atoms with Crippen LogP contribution in [0.15, 0.2) is 18.2 Å². The number of benzene rings is 1. The minimum Gasteiger partial charge on any atom is -0.496 e. The van der Waals surface area contributed by atoms with Gasteiger partial charge in [-0.3, -0.25) is 0 Å². The second-order valence-corrected chi connectivity index (χ2v) is 6.22. The maximum absolute atomic E-state index is 6.09. The van der Waals surface area contributed by atoms with E-state index in [1.54, 1.807) is 7.11 Å². The summed E-state index contributed by atoms with van der Waals surface area (Å²) in [5.74, 6) is 1.97. The first-order valence-electron chi connectivity index (χ1n) is 6.18. The van der Waals surface area contributed by atoms with Crippen LogP contribution in [-0.2, 0) is 4.74 Å². The standard InChI is InChI=1S/C14H18BrClO2/c1-9-8-18-6-5-11(9)14(15)12-7-10(16)3-4-13(12)17-2/h3-4,7,9,11,14H,5-6,8H2,1-2H3. The van der Waals surface area contributed by atoms with E-state index in [2.05, 4.69) is 22.9 Å². The third-order valence-electron chi connectivity index (χ3n) is 3.57. The summed E-state index contributed by atoms with van der Waals surface area (Å²) in [6.45, 7) is 3.89. The lowest BCUT2D eigenvalue weighted by Crippen LogP contribution is -2.28. The largest absolute Gasteiger partial charge is 0.496 e. The molecule has 1 heterocycles. The van der Waals surface area contributed by atoms with Gasteiger partial charge in [0.2, 0.25) is 0 Å². The van der Waals surface area contributed by atoms with E-state index in [-0.39, 0.29) is 4.83 Å². The van der Waals surface area contributed by atoms with Crippen molar-refractivity contribution in [3.05, 3.63) is 28.8 Å². The molecular formula is C14H18BrClO2. The van der Waals surface area contributed by atoms with Gasteiger partial charge in [0.05, 0.1) is 7.11 Å². The number of hydrogen-bond acceptors (Lipinski definition) is 2. The number of ether oxygens (including phenoxy) is 2. The van der Waals surface area contributed by atoms with Crippen LogP contribution >= 0.6 is 27.5 Å². The maximum Gasteiger partial charge on any atom is 0.123 e. The molecule has 1 aromatic carbocycles. The molecule has 0 spiro atoms. The first kappa shape index (κ1) is 14.2. The van der Waals surface area contributed by atoms with Crippen LogP contribution in [0.2, 0.25) is 5.02 Å². The molecule has 1 fully saturated rings. The first-order chi connectivity index (χ1) is 8.63. The van der Waals surface area contributed by atoms with E-state index in [1.165, 1.54) is 0 Å². The molecule has 100 valence electrons. The van der Waals surface area contributed by atoms with E-state index in [1.807, 2.05) is 18.2 Å². The Hall–Kier alpha value is -0.250. The van der Waals surface area contributed by atoms with Crippen LogP contribution in [0.3, 0.4) is 0 Å². The highest BCUT2D eigenvalue weighted by atomic mass is 79.9. The summed E-state index contributed by atoms with van der Waals surface area (Å²) in [6.07, 6.45) is 1.06. The van der Waals surface area contributed by atoms with E-state index >= 15 is 0 Å². The highest BCUT2D eigenvalue weighted by Crippen LogP contribution is 2.43. The predicted octanol–water partition coefficient (Wildman–Crippen LogP) is 4.46. The first-order valence-corrected chi connectivity index (χ1v) is 7.48. The van der Waals surface area contributed by atoms with Crippen LogP contribution in [0.4, 0.5) is 0 Å². The predicted molar refractivity (Wildman–Crippen MR) is 77.8 cm³/mol. The molecule has 0 aliphatic carbocycles. The molecule has 0 saturated carbocycles. The number of halogens is 2. The van der Waals surface area contributed by atoms with E-state index < -0.39 is 0 Å². The van der Waals surface area contributed by atoms with Crippen molar-refractivity contribution in [2.24, 2.45) is 11.8 Å². The maximum atomic E-state index is 6.09. The summed E-state index contributed by atoms with van der Waals surface area (Å²) >= 11 is 9.91. The lowest BCUT2D eigenvalue weighted by Gasteiger charge is -2.33. The molecular weight excluding hydrogens is 316 g/mol. The van der Waals surface area contributed by atoms with E-state index in [4.69, 9.17) is 21.1 Å². The third-order valence-corrected chi connectivity index (χ3v) is 4.98. The SMILES string of the molecule is COc1ccc(Cl)cc1C(Br)C1CCOCC1C. The molecule has 0 bridgehead atoms. The van der Waals surface area contributed by atoms with Crippen molar-refractivity contribution in [1.29, 1.82) is 0 Å². The molecule has 4 heteroatoms. The van der Waals surface area contributed by atoms with Gasteiger partial charge in [0.15, 0.2) is 0 Å². The average Bonchev–Trinajstić information content (AvgIpc) is 2.38. The Morgan fingerprint density at radius 1 is 1.50 bits per heavy atom. The molecule has 0 amide bonds. The molecule has 3 unspecified atom stereocenters. The van der Waals surface area contributed by atoms with Crippen LogP contribution in [0.5, 0.6) is 5.75 Å². The van der Waals surface area contributed by atoms with Gasteiger partial charge in [-0.25, -0.2) is 0 Å². The summed E-state index contributed by atoms with van der Waals surface area (Å²) < 4.78 is 10.9. The summed E-state index contributed by atoms with van der Waals surface area (Å²) in [6, 6.07) is 5.77. The van der Waals surface area contributed by atoms with Gasteiger partial charge < -0.3 is 9.47 Å². The summed E-state index contributed by atoms with van der Waals surface area (Å²) in [7, 11) is 1.69. The van der Waals surface area contributed by atoms with Crippen LogP contribution < -0.4 is 4.74 Å². The van der Waals surface area contributed by atoms with Gasteiger partial charge in [-0.1, -0.05) is 34.5 Å². The number of methoxy groups -OCH3 is 1. The van der Waals surface area contributed by atoms with Gasteiger partial charge in [-0.2, -0.15) is 0 Å². The monoisotopic (exact) mass is 332 g/mol. The second kappa shape index (κ2) is 6.27. The Balaban J connectivity index is 2.26. The van der Waals surface area contributed by atoms with Crippen molar-refractivity contribution >= 4 is 27.5 Å². The fourth-order valence-corrected chi connectivity index (χ4v) is 3.81. The lowest BCUT2D eigenvalue weighted by molar-refractivity contribution is 0.0239. The quantitative estimate of drug-likeness (QED) is 0.760. The van der Waals surface area contributed by atoms with Gasteiger partial charge in [-0.05, 0) is 36.5 Å². The Morgan fingerprint density at radius 2 is 2.28 bits per heavy atom. The molecule has 2 rings (SSSR count). The van der Waals surface area contributed by atoms with Crippen molar-refractivity contribution in [2.75, 3.05) is 20.3 Å². The highest BCUT2D eigenvalue weighted by Gasteiger charge is 2.30. The molecule has 2 nitrogen and oxygen atoms in total. The van der Waals surface area contributed by atoms with E-state index in [0.29, 0.717) is 11.8 Å².